The van der Waals surface area contributed by atoms with E-state index in [1.54, 1.807) is 0 Å². The molecule has 1 atom stereocenters. The molecule has 0 aliphatic carbocycles. The molecule has 1 heterocycles. The van der Waals surface area contributed by atoms with Crippen molar-refractivity contribution in [2.24, 2.45) is 5.92 Å². The zero-order chi connectivity index (χ0) is 13.7. The first kappa shape index (κ1) is 14.5. The van der Waals surface area contributed by atoms with Crippen LogP contribution in [-0.4, -0.2) is 31.1 Å². The van der Waals surface area contributed by atoms with Gasteiger partial charge in [-0.15, -0.1) is 0 Å². The number of benzene rings is 1. The van der Waals surface area contributed by atoms with Crippen molar-refractivity contribution in [2.45, 2.75) is 45.2 Å². The van der Waals surface area contributed by atoms with Gasteiger partial charge in [0.2, 0.25) is 0 Å². The largest absolute Gasteiger partial charge is 0.307 e. The second kappa shape index (κ2) is 7.06. The Kier molecular flexibility index (Phi) is 5.41. The van der Waals surface area contributed by atoms with E-state index in [0.29, 0.717) is 12.1 Å². The highest BCUT2D eigenvalue weighted by atomic mass is 15.1. The fourth-order valence-electron chi connectivity index (χ4n) is 2.92. The van der Waals surface area contributed by atoms with Crippen molar-refractivity contribution in [3.8, 4) is 0 Å². The van der Waals surface area contributed by atoms with E-state index in [0.717, 1.165) is 5.92 Å². The molecule has 1 saturated heterocycles. The summed E-state index contributed by atoms with van der Waals surface area (Å²) in [5.74, 6) is 0.726. The highest BCUT2D eigenvalue weighted by molar-refractivity contribution is 5.19. The van der Waals surface area contributed by atoms with E-state index in [4.69, 9.17) is 0 Å². The number of rotatable bonds is 5. The molecule has 0 saturated carbocycles. The van der Waals surface area contributed by atoms with Gasteiger partial charge in [-0.2, -0.15) is 0 Å². The molecule has 2 rings (SSSR count). The van der Waals surface area contributed by atoms with Crippen LogP contribution in [-0.2, 0) is 0 Å². The molecular formula is C17H28N2. The van der Waals surface area contributed by atoms with E-state index in [9.17, 15) is 0 Å². The van der Waals surface area contributed by atoms with Gasteiger partial charge in [0.15, 0.2) is 0 Å². The molecule has 1 unspecified atom stereocenters. The Balaban J connectivity index is 1.98. The monoisotopic (exact) mass is 260 g/mol. The fraction of sp³-hybridized carbons (Fsp3) is 0.647. The molecule has 1 aromatic carbocycles. The number of nitrogens with zero attached hydrogens (tertiary/aromatic N) is 1. The molecule has 2 nitrogen and oxygen atoms in total. The van der Waals surface area contributed by atoms with Gasteiger partial charge in [0, 0.05) is 12.1 Å². The first-order valence-corrected chi connectivity index (χ1v) is 7.64. The van der Waals surface area contributed by atoms with Crippen LogP contribution in [0.4, 0.5) is 0 Å². The zero-order valence-electron chi connectivity index (χ0n) is 12.6. The van der Waals surface area contributed by atoms with Crippen LogP contribution in [0.25, 0.3) is 0 Å². The molecule has 106 valence electrons. The molecule has 0 spiro atoms. The lowest BCUT2D eigenvalue weighted by molar-refractivity contribution is 0.219. The quantitative estimate of drug-likeness (QED) is 0.872. The smallest absolute Gasteiger partial charge is 0.0325 e. The Morgan fingerprint density at radius 3 is 2.37 bits per heavy atom. The Hall–Kier alpha value is -0.860. The first-order chi connectivity index (χ1) is 9.15. The topological polar surface area (TPSA) is 15.3 Å². The minimum absolute atomic E-state index is 0.509. The third kappa shape index (κ3) is 4.63. The molecule has 0 radical (unpaired) electrons. The average Bonchev–Trinajstić information content (AvgIpc) is 2.41. The molecule has 1 aliphatic rings. The summed E-state index contributed by atoms with van der Waals surface area (Å²) in [6, 6.07) is 12.1. The minimum Gasteiger partial charge on any atom is -0.307 e. The van der Waals surface area contributed by atoms with Gasteiger partial charge in [0.1, 0.15) is 0 Å². The van der Waals surface area contributed by atoms with Crippen LogP contribution in [0.15, 0.2) is 30.3 Å². The maximum absolute atomic E-state index is 3.90. The molecule has 1 fully saturated rings. The third-order valence-electron chi connectivity index (χ3n) is 4.06. The molecule has 19 heavy (non-hydrogen) atoms. The van der Waals surface area contributed by atoms with Gasteiger partial charge in [-0.05, 0) is 50.9 Å². The van der Waals surface area contributed by atoms with E-state index >= 15 is 0 Å². The van der Waals surface area contributed by atoms with Crippen molar-refractivity contribution >= 4 is 0 Å². The Morgan fingerprint density at radius 2 is 1.79 bits per heavy atom. The Morgan fingerprint density at radius 1 is 1.16 bits per heavy atom. The van der Waals surface area contributed by atoms with E-state index in [1.165, 1.54) is 37.9 Å². The molecule has 0 aromatic heterocycles. The molecule has 1 N–H and O–H groups in total. The SMILES string of the molecule is CC(C)CC(NC1CCN(C)CC1)c1ccccc1. The van der Waals surface area contributed by atoms with Crippen molar-refractivity contribution in [1.82, 2.24) is 10.2 Å². The summed E-state index contributed by atoms with van der Waals surface area (Å²) in [6.45, 7) is 7.07. The number of hydrogen-bond acceptors (Lipinski definition) is 2. The first-order valence-electron chi connectivity index (χ1n) is 7.64. The van der Waals surface area contributed by atoms with Gasteiger partial charge in [-0.25, -0.2) is 0 Å². The van der Waals surface area contributed by atoms with Crippen LogP contribution in [0.1, 0.15) is 44.7 Å². The number of likely N-dealkylation sites (tertiary alicyclic amines) is 1. The van der Waals surface area contributed by atoms with Crippen LogP contribution >= 0.6 is 0 Å². The van der Waals surface area contributed by atoms with E-state index < -0.39 is 0 Å². The van der Waals surface area contributed by atoms with Gasteiger partial charge in [-0.1, -0.05) is 44.2 Å². The van der Waals surface area contributed by atoms with E-state index in [-0.39, 0.29) is 0 Å². The predicted octanol–water partition coefficient (Wildman–Crippen LogP) is 3.46. The van der Waals surface area contributed by atoms with Gasteiger partial charge < -0.3 is 10.2 Å². The summed E-state index contributed by atoms with van der Waals surface area (Å²) in [6.07, 6.45) is 3.77. The lowest BCUT2D eigenvalue weighted by atomic mass is 9.94. The van der Waals surface area contributed by atoms with Crippen LogP contribution in [0.3, 0.4) is 0 Å². The van der Waals surface area contributed by atoms with Crippen LogP contribution < -0.4 is 5.32 Å². The van der Waals surface area contributed by atoms with Crippen molar-refractivity contribution < 1.29 is 0 Å². The summed E-state index contributed by atoms with van der Waals surface area (Å²) >= 11 is 0. The molecular weight excluding hydrogens is 232 g/mol. The van der Waals surface area contributed by atoms with Crippen LogP contribution in [0.2, 0.25) is 0 Å². The summed E-state index contributed by atoms with van der Waals surface area (Å²) in [4.78, 5) is 2.43. The summed E-state index contributed by atoms with van der Waals surface area (Å²) in [7, 11) is 2.22. The number of nitrogens with one attached hydrogen (secondary N) is 1. The van der Waals surface area contributed by atoms with Crippen molar-refractivity contribution in [3.05, 3.63) is 35.9 Å². The number of hydrogen-bond donors (Lipinski definition) is 1. The third-order valence-corrected chi connectivity index (χ3v) is 4.06. The molecule has 1 aliphatic heterocycles. The second-order valence-electron chi connectivity index (χ2n) is 6.34. The van der Waals surface area contributed by atoms with Gasteiger partial charge in [0.05, 0.1) is 0 Å². The highest BCUT2D eigenvalue weighted by Gasteiger charge is 2.21. The Labute approximate surface area is 118 Å². The highest BCUT2D eigenvalue weighted by Crippen LogP contribution is 2.23. The van der Waals surface area contributed by atoms with Gasteiger partial charge >= 0.3 is 0 Å². The predicted molar refractivity (Wildman–Crippen MR) is 82.3 cm³/mol. The summed E-state index contributed by atoms with van der Waals surface area (Å²) in [5, 5.41) is 3.90. The molecule has 0 bridgehead atoms. The summed E-state index contributed by atoms with van der Waals surface area (Å²) < 4.78 is 0. The maximum Gasteiger partial charge on any atom is 0.0325 e. The van der Waals surface area contributed by atoms with Gasteiger partial charge in [0.25, 0.3) is 0 Å². The normalized spacial score (nSPS) is 19.8. The molecule has 0 amide bonds. The lowest BCUT2D eigenvalue weighted by Crippen LogP contribution is -2.42. The summed E-state index contributed by atoms with van der Waals surface area (Å²) in [5.41, 5.74) is 1.44. The molecule has 1 aromatic rings. The number of piperidine rings is 1. The average molecular weight is 260 g/mol. The standard InChI is InChI=1S/C17H28N2/c1-14(2)13-17(15-7-5-4-6-8-15)18-16-9-11-19(3)12-10-16/h4-8,14,16-18H,9-13H2,1-3H3. The van der Waals surface area contributed by atoms with Crippen LogP contribution in [0.5, 0.6) is 0 Å². The lowest BCUT2D eigenvalue weighted by Gasteiger charge is -2.33. The Bertz CT molecular complexity index is 353. The second-order valence-corrected chi connectivity index (χ2v) is 6.34. The van der Waals surface area contributed by atoms with Crippen molar-refractivity contribution in [1.29, 1.82) is 0 Å². The molecule has 2 heteroatoms. The van der Waals surface area contributed by atoms with Gasteiger partial charge in [-0.3, -0.25) is 0 Å². The minimum atomic E-state index is 0.509. The van der Waals surface area contributed by atoms with E-state index in [2.05, 4.69) is 61.4 Å². The zero-order valence-corrected chi connectivity index (χ0v) is 12.6. The maximum atomic E-state index is 3.90. The van der Waals surface area contributed by atoms with Crippen molar-refractivity contribution in [3.63, 3.8) is 0 Å². The fourth-order valence-corrected chi connectivity index (χ4v) is 2.92. The van der Waals surface area contributed by atoms with Crippen molar-refractivity contribution in [2.75, 3.05) is 20.1 Å². The van der Waals surface area contributed by atoms with E-state index in [1.807, 2.05) is 0 Å². The van der Waals surface area contributed by atoms with Crippen LogP contribution in [0, 0.1) is 5.92 Å².